The highest BCUT2D eigenvalue weighted by Gasteiger charge is 2.27. The third-order valence-electron chi connectivity index (χ3n) is 1.62. The second kappa shape index (κ2) is 5.55. The van der Waals surface area contributed by atoms with Crippen molar-refractivity contribution < 1.29 is 14.4 Å². The van der Waals surface area contributed by atoms with Crippen LogP contribution in [-0.4, -0.2) is 29.3 Å². The molecular weight excluding hydrogens is 222 g/mol. The number of rotatable bonds is 4. The minimum Gasteiger partial charge on any atom is -0.368 e. The highest BCUT2D eigenvalue weighted by Crippen LogP contribution is 1.99. The molecular formula is C8H14ClN3O3. The molecule has 86 valence electrons. The molecule has 0 aliphatic carbocycles. The van der Waals surface area contributed by atoms with E-state index in [0.717, 1.165) is 0 Å². The van der Waals surface area contributed by atoms with Gasteiger partial charge in [-0.05, 0) is 13.8 Å². The lowest BCUT2D eigenvalue weighted by Gasteiger charge is -2.21. The van der Waals surface area contributed by atoms with E-state index in [0.29, 0.717) is 0 Å². The van der Waals surface area contributed by atoms with E-state index in [1.54, 1.807) is 0 Å². The second-order valence-corrected chi connectivity index (χ2v) is 3.81. The first-order chi connectivity index (χ1) is 6.79. The van der Waals surface area contributed by atoms with Crippen LogP contribution in [0.4, 0.5) is 4.79 Å². The van der Waals surface area contributed by atoms with Gasteiger partial charge in [0, 0.05) is 12.3 Å². The summed E-state index contributed by atoms with van der Waals surface area (Å²) in [7, 11) is 0. The van der Waals surface area contributed by atoms with Crippen LogP contribution in [0, 0.1) is 0 Å². The summed E-state index contributed by atoms with van der Waals surface area (Å²) in [4.78, 5) is 32.9. The minimum absolute atomic E-state index is 0.0337. The van der Waals surface area contributed by atoms with Crippen molar-refractivity contribution in [3.63, 3.8) is 0 Å². The number of nitrogens with one attached hydrogen (secondary N) is 2. The number of halogens is 1. The first kappa shape index (κ1) is 13.7. The summed E-state index contributed by atoms with van der Waals surface area (Å²) in [5.41, 5.74) is 3.82. The fourth-order valence-electron chi connectivity index (χ4n) is 0.652. The zero-order chi connectivity index (χ0) is 12.1. The Morgan fingerprint density at radius 1 is 1.33 bits per heavy atom. The molecule has 0 fully saturated rings. The van der Waals surface area contributed by atoms with Crippen molar-refractivity contribution in [2.45, 2.75) is 25.8 Å². The van der Waals surface area contributed by atoms with Crippen LogP contribution in [0.15, 0.2) is 0 Å². The van der Waals surface area contributed by atoms with Gasteiger partial charge in [-0.25, -0.2) is 4.79 Å². The van der Waals surface area contributed by atoms with Gasteiger partial charge in [0.25, 0.3) is 0 Å². The summed E-state index contributed by atoms with van der Waals surface area (Å²) < 4.78 is 0. The maximum Gasteiger partial charge on any atom is 0.322 e. The number of hydrogen-bond donors (Lipinski definition) is 3. The monoisotopic (exact) mass is 235 g/mol. The Labute approximate surface area is 92.5 Å². The number of nitrogens with two attached hydrogens (primary N) is 1. The van der Waals surface area contributed by atoms with Gasteiger partial charge < -0.3 is 11.1 Å². The van der Waals surface area contributed by atoms with Crippen molar-refractivity contribution in [3.8, 4) is 0 Å². The van der Waals surface area contributed by atoms with E-state index in [-0.39, 0.29) is 12.3 Å². The predicted octanol–water partition coefficient (Wildman–Crippen LogP) is -0.295. The van der Waals surface area contributed by atoms with Crippen molar-refractivity contribution in [1.29, 1.82) is 0 Å². The molecule has 0 rings (SSSR count). The van der Waals surface area contributed by atoms with Crippen LogP contribution in [0.25, 0.3) is 0 Å². The first-order valence-electron chi connectivity index (χ1n) is 4.27. The Bertz CT molecular complexity index is 278. The zero-order valence-corrected chi connectivity index (χ0v) is 9.35. The largest absolute Gasteiger partial charge is 0.368 e. The van der Waals surface area contributed by atoms with Gasteiger partial charge in [-0.3, -0.25) is 14.9 Å². The molecule has 0 spiro atoms. The molecule has 0 aliphatic rings. The molecule has 0 aromatic rings. The molecule has 4 amide bonds. The fourth-order valence-corrected chi connectivity index (χ4v) is 0.823. The SMILES string of the molecule is CC(C)(NC(=O)NC(=O)CCCl)C(N)=O. The Kier molecular flexibility index (Phi) is 5.07. The van der Waals surface area contributed by atoms with Crippen molar-refractivity contribution in [3.05, 3.63) is 0 Å². The van der Waals surface area contributed by atoms with Crippen LogP contribution in [0.1, 0.15) is 20.3 Å². The number of primary amides is 1. The van der Waals surface area contributed by atoms with E-state index in [2.05, 4.69) is 5.32 Å². The third-order valence-corrected chi connectivity index (χ3v) is 1.81. The van der Waals surface area contributed by atoms with E-state index in [1.807, 2.05) is 5.32 Å². The minimum atomic E-state index is -1.20. The lowest BCUT2D eigenvalue weighted by molar-refractivity contribution is -0.123. The van der Waals surface area contributed by atoms with E-state index < -0.39 is 23.4 Å². The molecule has 0 aromatic carbocycles. The van der Waals surface area contributed by atoms with Crippen molar-refractivity contribution in [2.75, 3.05) is 5.88 Å². The number of alkyl halides is 1. The molecule has 0 aliphatic heterocycles. The van der Waals surface area contributed by atoms with Crippen LogP contribution >= 0.6 is 11.6 Å². The van der Waals surface area contributed by atoms with E-state index in [9.17, 15) is 14.4 Å². The number of amides is 4. The molecule has 7 heteroatoms. The normalized spacial score (nSPS) is 10.6. The average molecular weight is 236 g/mol. The summed E-state index contributed by atoms with van der Waals surface area (Å²) in [6.07, 6.45) is 0.0337. The number of carbonyl (C=O) groups is 3. The molecule has 0 unspecified atom stereocenters. The summed E-state index contributed by atoms with van der Waals surface area (Å²) in [6.45, 7) is 2.86. The smallest absolute Gasteiger partial charge is 0.322 e. The van der Waals surface area contributed by atoms with Gasteiger partial charge in [-0.1, -0.05) is 0 Å². The van der Waals surface area contributed by atoms with Crippen LogP contribution < -0.4 is 16.4 Å². The summed E-state index contributed by atoms with van der Waals surface area (Å²) in [5.74, 6) is -1.08. The number of hydrogen-bond acceptors (Lipinski definition) is 3. The quantitative estimate of drug-likeness (QED) is 0.584. The first-order valence-corrected chi connectivity index (χ1v) is 4.81. The van der Waals surface area contributed by atoms with Crippen LogP contribution in [0.2, 0.25) is 0 Å². The molecule has 4 N–H and O–H groups in total. The van der Waals surface area contributed by atoms with Crippen molar-refractivity contribution >= 4 is 29.4 Å². The molecule has 6 nitrogen and oxygen atoms in total. The molecule has 0 saturated carbocycles. The van der Waals surface area contributed by atoms with Gasteiger partial charge >= 0.3 is 6.03 Å². The van der Waals surface area contributed by atoms with Crippen molar-refractivity contribution in [1.82, 2.24) is 10.6 Å². The number of urea groups is 1. The standard InChI is InChI=1S/C8H14ClN3O3/c1-8(2,6(10)14)12-7(15)11-5(13)3-4-9/h3-4H2,1-2H3,(H2,10,14)(H2,11,12,13,15). The lowest BCUT2D eigenvalue weighted by Crippen LogP contribution is -2.56. The van der Waals surface area contributed by atoms with Crippen LogP contribution in [0.5, 0.6) is 0 Å². The fraction of sp³-hybridized carbons (Fsp3) is 0.625. The molecule has 0 aromatic heterocycles. The molecule has 0 heterocycles. The summed E-state index contributed by atoms with van der Waals surface area (Å²) >= 11 is 5.30. The Hall–Kier alpha value is -1.30. The van der Waals surface area contributed by atoms with Gasteiger partial charge in [0.1, 0.15) is 5.54 Å². The van der Waals surface area contributed by atoms with E-state index in [4.69, 9.17) is 17.3 Å². The summed E-state index contributed by atoms with van der Waals surface area (Å²) in [6, 6.07) is -0.770. The maximum absolute atomic E-state index is 11.2. The Balaban J connectivity index is 4.15. The maximum atomic E-state index is 11.2. The molecule has 0 saturated heterocycles. The van der Waals surface area contributed by atoms with E-state index >= 15 is 0 Å². The van der Waals surface area contributed by atoms with Gasteiger partial charge in [0.2, 0.25) is 11.8 Å². The summed E-state index contributed by atoms with van der Waals surface area (Å²) in [5, 5.41) is 4.27. The lowest BCUT2D eigenvalue weighted by atomic mass is 10.1. The number of imide groups is 1. The van der Waals surface area contributed by atoms with Gasteiger partial charge in [0.05, 0.1) is 0 Å². The molecule has 15 heavy (non-hydrogen) atoms. The Morgan fingerprint density at radius 3 is 2.27 bits per heavy atom. The molecule has 0 bridgehead atoms. The Morgan fingerprint density at radius 2 is 1.87 bits per heavy atom. The van der Waals surface area contributed by atoms with E-state index in [1.165, 1.54) is 13.8 Å². The average Bonchev–Trinajstić information content (AvgIpc) is 2.02. The topological polar surface area (TPSA) is 101 Å². The van der Waals surface area contributed by atoms with Gasteiger partial charge in [0.15, 0.2) is 0 Å². The van der Waals surface area contributed by atoms with Crippen LogP contribution in [-0.2, 0) is 9.59 Å². The molecule has 0 atom stereocenters. The number of carbonyl (C=O) groups excluding carboxylic acids is 3. The third kappa shape index (κ3) is 5.21. The van der Waals surface area contributed by atoms with Crippen LogP contribution in [0.3, 0.4) is 0 Å². The molecule has 0 radical (unpaired) electrons. The predicted molar refractivity (Wildman–Crippen MR) is 55.3 cm³/mol. The van der Waals surface area contributed by atoms with Gasteiger partial charge in [-0.15, -0.1) is 11.6 Å². The van der Waals surface area contributed by atoms with Crippen molar-refractivity contribution in [2.24, 2.45) is 5.73 Å². The zero-order valence-electron chi connectivity index (χ0n) is 8.59. The highest BCUT2D eigenvalue weighted by atomic mass is 35.5. The van der Waals surface area contributed by atoms with Gasteiger partial charge in [-0.2, -0.15) is 0 Å². The highest BCUT2D eigenvalue weighted by molar-refractivity contribution is 6.19. The second-order valence-electron chi connectivity index (χ2n) is 3.43.